The Balaban J connectivity index is 0.000000124. The highest BCUT2D eigenvalue weighted by Gasteiger charge is 2.31. The van der Waals surface area contributed by atoms with Crippen molar-refractivity contribution in [2.45, 2.75) is 76.9 Å². The number of pyridine rings is 7. The number of sulfone groups is 4. The summed E-state index contributed by atoms with van der Waals surface area (Å²) in [4.78, 5) is 56.0. The number of hydrogen-bond donors (Lipinski definition) is 6. The van der Waals surface area contributed by atoms with E-state index in [1.807, 2.05) is 189 Å². The van der Waals surface area contributed by atoms with E-state index in [1.165, 1.54) is 56.2 Å². The van der Waals surface area contributed by atoms with E-state index in [1.54, 1.807) is 73.8 Å². The van der Waals surface area contributed by atoms with E-state index in [-0.39, 0.29) is 25.5 Å². The monoisotopic (exact) mass is 1870 g/mol. The number of H-pyrrole nitrogens is 1. The van der Waals surface area contributed by atoms with Crippen molar-refractivity contribution in [3.8, 4) is 95.9 Å². The van der Waals surface area contributed by atoms with Crippen molar-refractivity contribution in [2.75, 3.05) is 59.9 Å². The molecular formula is C95H87N25O10S4. The van der Waals surface area contributed by atoms with Gasteiger partial charge in [0.25, 0.3) is 0 Å². The van der Waals surface area contributed by atoms with Gasteiger partial charge in [-0.3, -0.25) is 29.9 Å². The fraction of sp³-hybridized carbons (Fsp3) is 0.158. The molecule has 1 aliphatic rings. The van der Waals surface area contributed by atoms with Crippen LogP contribution in [0.5, 0.6) is 5.88 Å². The van der Waals surface area contributed by atoms with Crippen LogP contribution in [0.3, 0.4) is 0 Å². The van der Waals surface area contributed by atoms with Crippen molar-refractivity contribution in [3.05, 3.63) is 311 Å². The lowest BCUT2D eigenvalue weighted by atomic mass is 9.85. The summed E-state index contributed by atoms with van der Waals surface area (Å²) in [5.41, 5.74) is 13.9. The summed E-state index contributed by atoms with van der Waals surface area (Å²) in [6.07, 6.45) is 37.1. The number of benzene rings is 3. The number of imidazole rings is 1. The number of rotatable bonds is 25. The fourth-order valence-electron chi connectivity index (χ4n) is 15.1. The number of aliphatic hydroxyl groups is 1. The minimum absolute atomic E-state index is 0.0261. The topological polar surface area (TPSA) is 454 Å². The molecule has 6 N–H and O–H groups in total. The SMILES string of the molecule is COc1ncc(-c2nc(NCc3ccccn3)c3c(-c4ccccc4)ccn3n2)cc1S(C)(=O)=O.CS(=O)(=O)c1cncc(-c2nc(NCC3(O)CCCCC3)c3c(-c4ccccc4)ccn3n2)c1.CS(=O)(=O)c1cncc(-c2nc(NCc3ccccn3)c3c(-c4cccnc4)ccn3n2)c1.CS(=O)(=O)c1cncc(-c2nc(NCc3ncc[nH]3)c3c(-c4ccccc4)ccn3n2)c1. The van der Waals surface area contributed by atoms with E-state index in [4.69, 9.17) is 24.7 Å². The van der Waals surface area contributed by atoms with Crippen LogP contribution >= 0.6 is 0 Å². The molecule has 3 aromatic carbocycles. The molecule has 676 valence electrons. The largest absolute Gasteiger partial charge is 0.480 e. The Kier molecular flexibility index (Phi) is 26.3. The van der Waals surface area contributed by atoms with Crippen molar-refractivity contribution in [2.24, 2.45) is 0 Å². The van der Waals surface area contributed by atoms with Crippen LogP contribution in [0.1, 0.15) is 49.3 Å². The first-order chi connectivity index (χ1) is 64.7. The highest BCUT2D eigenvalue weighted by Crippen LogP contribution is 2.39. The van der Waals surface area contributed by atoms with Crippen molar-refractivity contribution in [1.82, 2.24) is 103 Å². The molecule has 35 nitrogen and oxygen atoms in total. The summed E-state index contributed by atoms with van der Waals surface area (Å²) < 4.78 is 109. The maximum Gasteiger partial charge on any atom is 0.232 e. The van der Waals surface area contributed by atoms with Gasteiger partial charge in [0.1, 0.15) is 32.8 Å². The molecule has 0 spiro atoms. The van der Waals surface area contributed by atoms with Crippen LogP contribution in [-0.2, 0) is 59.0 Å². The Labute approximate surface area is 769 Å². The van der Waals surface area contributed by atoms with Crippen LogP contribution in [0.25, 0.3) is 112 Å². The molecule has 39 heteroatoms. The minimum atomic E-state index is -3.58. The molecule has 0 radical (unpaired) electrons. The average molecular weight is 1870 g/mol. The van der Waals surface area contributed by atoms with Gasteiger partial charge in [0, 0.05) is 187 Å². The number of hydrogen-bond acceptors (Lipinski definition) is 30. The number of aromatic amines is 1. The number of anilines is 4. The van der Waals surface area contributed by atoms with E-state index in [0.717, 1.165) is 141 Å². The van der Waals surface area contributed by atoms with Crippen molar-refractivity contribution in [3.63, 3.8) is 0 Å². The van der Waals surface area contributed by atoms with Gasteiger partial charge in [-0.25, -0.2) is 81.6 Å². The standard InChI is InChI=1S/C25H22N6O3S.C25H27N5O3S.C23H19N7O2S.C22H19N7O2S/c1-34-25-21(35(2,32)33)14-18(15-28-25)23-29-24(27-16-19-10-6-7-12-26-19)22-20(11-13-31(22)30-23)17-8-4-3-5-9-17;1-34(32,33)20-14-19(15-26-16-20)23-28-24(27-17-25(31)11-6-3-7-12-25)22-21(10-13-30(22)29-23)18-8-4-2-5-9-18;1-33(31,32)19-11-17(13-25-15-19)22-28-23(27-14-18-6-2-3-9-26-18)21-20(7-10-30(21)29-22)16-5-4-8-24-12-16;1-32(30,31)17-11-16(12-23-13-17)21-27-22(26-14-19-24-8-9-25-19)20-18(7-10-29(20)28-21)15-5-3-2-4-6-15/h3-15H,16H2,1-2H3,(H,27,29,30);2,4-5,8-10,13-16,31H,3,6-7,11-12,17H2,1H3,(H,27,28,29);2-13,15H,14H2,1H3,(H,27,28,29);2-13H,14H2,1H3,(H,24,25)(H,26,27,28). The van der Waals surface area contributed by atoms with Gasteiger partial charge in [0.2, 0.25) is 5.88 Å². The Morgan fingerprint density at radius 2 is 0.739 bits per heavy atom. The summed E-state index contributed by atoms with van der Waals surface area (Å²) in [5.74, 6) is 4.49. The van der Waals surface area contributed by atoms with Gasteiger partial charge in [-0.05, 0) is 108 Å². The molecule has 1 saturated carbocycles. The van der Waals surface area contributed by atoms with Crippen LogP contribution in [0.2, 0.25) is 0 Å². The number of methoxy groups -OCH3 is 1. The van der Waals surface area contributed by atoms with Crippen LogP contribution in [0.4, 0.5) is 23.3 Å². The molecule has 20 rings (SSSR count). The number of fused-ring (bicyclic) bond motifs is 4. The van der Waals surface area contributed by atoms with Gasteiger partial charge in [-0.1, -0.05) is 128 Å². The van der Waals surface area contributed by atoms with E-state index in [2.05, 4.69) is 86.5 Å². The second-order valence-electron chi connectivity index (χ2n) is 31.5. The first kappa shape index (κ1) is 90.1. The lowest BCUT2D eigenvalue weighted by Crippen LogP contribution is -2.39. The third-order valence-electron chi connectivity index (χ3n) is 21.8. The number of aromatic nitrogens is 21. The van der Waals surface area contributed by atoms with Gasteiger partial charge in [-0.15, -0.1) is 20.4 Å². The van der Waals surface area contributed by atoms with E-state index in [9.17, 15) is 38.8 Å². The van der Waals surface area contributed by atoms with E-state index in [0.29, 0.717) is 95.0 Å². The second-order valence-corrected chi connectivity index (χ2v) is 39.5. The molecule has 0 bridgehead atoms. The summed E-state index contributed by atoms with van der Waals surface area (Å²) in [6, 6.07) is 59.1. The summed E-state index contributed by atoms with van der Waals surface area (Å²) >= 11 is 0. The highest BCUT2D eigenvalue weighted by molar-refractivity contribution is 7.91. The third-order valence-corrected chi connectivity index (χ3v) is 26.1. The van der Waals surface area contributed by atoms with Gasteiger partial charge >= 0.3 is 0 Å². The molecule has 0 amide bonds. The lowest BCUT2D eigenvalue weighted by Gasteiger charge is -2.32. The molecular weight excluding hydrogens is 1780 g/mol. The smallest absolute Gasteiger partial charge is 0.232 e. The first-order valence-corrected chi connectivity index (χ1v) is 49.6. The van der Waals surface area contributed by atoms with E-state index < -0.39 is 45.0 Å². The quantitative estimate of drug-likeness (QED) is 0.0309. The highest BCUT2D eigenvalue weighted by atomic mass is 32.2. The third kappa shape index (κ3) is 21.0. The predicted octanol–water partition coefficient (Wildman–Crippen LogP) is 14.3. The van der Waals surface area contributed by atoms with Crippen molar-refractivity contribution in [1.29, 1.82) is 0 Å². The Morgan fingerprint density at radius 3 is 1.10 bits per heavy atom. The predicted molar refractivity (Wildman–Crippen MR) is 509 cm³/mol. The summed E-state index contributed by atoms with van der Waals surface area (Å²) in [5, 5.41) is 43.1. The van der Waals surface area contributed by atoms with Crippen molar-refractivity contribution < 1.29 is 43.5 Å². The Morgan fingerprint density at radius 1 is 0.366 bits per heavy atom. The molecule has 0 saturated heterocycles. The molecule has 0 unspecified atom stereocenters. The molecule has 0 aliphatic heterocycles. The second kappa shape index (κ2) is 39.1. The van der Waals surface area contributed by atoms with Crippen LogP contribution < -0.4 is 26.0 Å². The molecule has 0 atom stereocenters. The maximum atomic E-state index is 12.3. The van der Waals surface area contributed by atoms with Crippen LogP contribution in [0, 0.1) is 0 Å². The minimum Gasteiger partial charge on any atom is -0.480 e. The Hall–Kier alpha value is -15.8. The summed E-state index contributed by atoms with van der Waals surface area (Å²) in [6.45, 7) is 1.70. The van der Waals surface area contributed by atoms with Gasteiger partial charge < -0.3 is 36.1 Å². The molecule has 1 fully saturated rings. The number of nitrogens with one attached hydrogen (secondary N) is 5. The van der Waals surface area contributed by atoms with Crippen molar-refractivity contribution >= 4 is 84.7 Å². The zero-order valence-corrected chi connectivity index (χ0v) is 76.0. The van der Waals surface area contributed by atoms with Crippen LogP contribution in [-0.4, -0.2) is 186 Å². The summed E-state index contributed by atoms with van der Waals surface area (Å²) in [7, 11) is -12.5. The molecule has 134 heavy (non-hydrogen) atoms. The van der Waals surface area contributed by atoms with Gasteiger partial charge in [0.15, 0.2) is 85.9 Å². The molecule has 1 aliphatic carbocycles. The number of nitrogens with zero attached hydrogens (tertiary/aromatic N) is 20. The average Bonchev–Trinajstić information content (AvgIpc) is 1.61. The Bertz CT molecular complexity index is 7930. The molecule has 16 aromatic heterocycles. The fourth-order valence-corrected chi connectivity index (χ4v) is 17.7. The maximum absolute atomic E-state index is 12.3. The zero-order valence-electron chi connectivity index (χ0n) is 72.8. The molecule has 16 heterocycles. The first-order valence-electron chi connectivity index (χ1n) is 42.1. The van der Waals surface area contributed by atoms with Gasteiger partial charge in [-0.2, -0.15) is 0 Å². The van der Waals surface area contributed by atoms with E-state index >= 15 is 0 Å². The lowest BCUT2D eigenvalue weighted by molar-refractivity contribution is 0.0166. The normalized spacial score (nSPS) is 12.7. The van der Waals surface area contributed by atoms with Crippen LogP contribution in [0.15, 0.2) is 313 Å². The molecule has 19 aromatic rings. The van der Waals surface area contributed by atoms with Gasteiger partial charge in [0.05, 0.1) is 58.4 Å². The zero-order chi connectivity index (χ0) is 93.1. The number of ether oxygens (including phenoxy) is 1.